The third-order valence-electron chi connectivity index (χ3n) is 4.23. The van der Waals surface area contributed by atoms with Crippen LogP contribution in [-0.2, 0) is 11.0 Å². The highest BCUT2D eigenvalue weighted by Gasteiger charge is 2.40. The van der Waals surface area contributed by atoms with Gasteiger partial charge < -0.3 is 14.7 Å². The van der Waals surface area contributed by atoms with Crippen molar-refractivity contribution in [3.8, 4) is 6.07 Å². The lowest BCUT2D eigenvalue weighted by Gasteiger charge is -2.38. The van der Waals surface area contributed by atoms with Crippen molar-refractivity contribution >= 4 is 14.1 Å². The van der Waals surface area contributed by atoms with E-state index in [1.54, 1.807) is 10.9 Å². The highest BCUT2D eigenvalue weighted by atomic mass is 28.4. The van der Waals surface area contributed by atoms with Crippen molar-refractivity contribution < 1.29 is 4.43 Å². The van der Waals surface area contributed by atoms with Gasteiger partial charge in [-0.15, -0.1) is 0 Å². The molecular weight excluding hydrogens is 310 g/mol. The smallest absolute Gasteiger partial charge is 0.192 e. The van der Waals surface area contributed by atoms with Crippen LogP contribution in [0.4, 0.5) is 5.82 Å². The highest BCUT2D eigenvalue weighted by molar-refractivity contribution is 6.74. The Hall–Kier alpha value is -2.01. The van der Waals surface area contributed by atoms with E-state index in [1.807, 2.05) is 0 Å². The molecule has 0 bridgehead atoms. The lowest BCUT2D eigenvalue weighted by atomic mass is 10.2. The van der Waals surface area contributed by atoms with Crippen LogP contribution in [0.3, 0.4) is 0 Å². The second kappa shape index (κ2) is 7.50. The van der Waals surface area contributed by atoms with Crippen LogP contribution >= 0.6 is 0 Å². The van der Waals surface area contributed by atoms with Gasteiger partial charge in [0.25, 0.3) is 0 Å². The Morgan fingerprint density at radius 3 is 2.74 bits per heavy atom. The predicted molar refractivity (Wildman–Crippen MR) is 91.9 cm³/mol. The van der Waals surface area contributed by atoms with Gasteiger partial charge in [0, 0.05) is 11.5 Å². The molecule has 9 heteroatoms. The van der Waals surface area contributed by atoms with Crippen molar-refractivity contribution in [3.63, 3.8) is 0 Å². The second-order valence-corrected chi connectivity index (χ2v) is 11.7. The maximum atomic E-state index is 8.69. The third-order valence-corrected chi connectivity index (χ3v) is 8.72. The standard InChI is InChI=1S/C14H25N7OSi/c1-14(2,3)23(4,5)22-11(9-19-20-17)12-13(16)21(10-18-12)8-6-7-15/h10-11H,6,8-9,16H2,1-5H3/t11-/m1/s1. The van der Waals surface area contributed by atoms with Crippen LogP contribution in [0, 0.1) is 11.3 Å². The monoisotopic (exact) mass is 335 g/mol. The van der Waals surface area contributed by atoms with Crippen LogP contribution in [0.1, 0.15) is 39.0 Å². The van der Waals surface area contributed by atoms with Crippen molar-refractivity contribution in [1.82, 2.24) is 9.55 Å². The van der Waals surface area contributed by atoms with E-state index in [1.165, 1.54) is 0 Å². The summed E-state index contributed by atoms with van der Waals surface area (Å²) in [5.41, 5.74) is 15.3. The van der Waals surface area contributed by atoms with E-state index in [-0.39, 0.29) is 11.6 Å². The molecule has 0 aliphatic heterocycles. The Labute approximate surface area is 138 Å². The number of aryl methyl sites for hydroxylation is 1. The zero-order chi connectivity index (χ0) is 17.7. The Balaban J connectivity index is 3.10. The average Bonchev–Trinajstić information content (AvgIpc) is 2.81. The molecule has 1 aromatic rings. The summed E-state index contributed by atoms with van der Waals surface area (Å²) in [4.78, 5) is 7.15. The zero-order valence-corrected chi connectivity index (χ0v) is 15.4. The van der Waals surface area contributed by atoms with Gasteiger partial charge in [-0.05, 0) is 23.7 Å². The molecule has 0 unspecified atom stereocenters. The number of hydrogen-bond donors (Lipinski definition) is 1. The van der Waals surface area contributed by atoms with E-state index >= 15 is 0 Å². The number of anilines is 1. The molecule has 0 saturated heterocycles. The number of azide groups is 1. The first kappa shape index (κ1) is 19.0. The van der Waals surface area contributed by atoms with Crippen LogP contribution in [0.5, 0.6) is 0 Å². The zero-order valence-electron chi connectivity index (χ0n) is 14.4. The van der Waals surface area contributed by atoms with Gasteiger partial charge in [0.2, 0.25) is 0 Å². The largest absolute Gasteiger partial charge is 0.408 e. The number of hydrogen-bond acceptors (Lipinski definition) is 5. The molecule has 0 radical (unpaired) electrons. The quantitative estimate of drug-likeness (QED) is 0.352. The summed E-state index contributed by atoms with van der Waals surface area (Å²) in [6.07, 6.45) is 1.47. The van der Waals surface area contributed by atoms with E-state index in [4.69, 9.17) is 21.0 Å². The molecule has 2 N–H and O–H groups in total. The minimum absolute atomic E-state index is 0.0136. The van der Waals surface area contributed by atoms with E-state index in [2.05, 4.69) is 54.9 Å². The van der Waals surface area contributed by atoms with Crippen LogP contribution in [0.25, 0.3) is 10.4 Å². The molecule has 23 heavy (non-hydrogen) atoms. The van der Waals surface area contributed by atoms with E-state index in [0.29, 0.717) is 24.5 Å². The Kier molecular flexibility index (Phi) is 6.21. The summed E-state index contributed by atoms with van der Waals surface area (Å²) in [6.45, 7) is 11.3. The van der Waals surface area contributed by atoms with Gasteiger partial charge in [0.1, 0.15) is 11.5 Å². The van der Waals surface area contributed by atoms with Crippen molar-refractivity contribution in [1.29, 1.82) is 5.26 Å². The molecule has 0 fully saturated rings. The summed E-state index contributed by atoms with van der Waals surface area (Å²) >= 11 is 0. The molecule has 1 rings (SSSR count). The fraction of sp³-hybridized carbons (Fsp3) is 0.714. The van der Waals surface area contributed by atoms with Gasteiger partial charge in [-0.1, -0.05) is 25.9 Å². The molecule has 0 aromatic carbocycles. The SMILES string of the molecule is CC(C)(C)[Si](C)(C)O[C@H](CN=[N+]=[N-])c1ncn(CCC#N)c1N. The fourth-order valence-electron chi connectivity index (χ4n) is 1.83. The number of nitrogens with zero attached hydrogens (tertiary/aromatic N) is 6. The van der Waals surface area contributed by atoms with E-state index in [0.717, 1.165) is 0 Å². The van der Waals surface area contributed by atoms with Crippen molar-refractivity contribution in [2.45, 2.75) is 58.0 Å². The maximum absolute atomic E-state index is 8.69. The minimum Gasteiger partial charge on any atom is -0.408 e. The molecule has 0 aliphatic rings. The van der Waals surface area contributed by atoms with E-state index in [9.17, 15) is 0 Å². The van der Waals surface area contributed by atoms with Gasteiger partial charge in [-0.3, -0.25) is 0 Å². The number of imidazole rings is 1. The molecule has 0 amide bonds. The topological polar surface area (TPSA) is 126 Å². The van der Waals surface area contributed by atoms with Gasteiger partial charge in [-0.2, -0.15) is 5.26 Å². The molecule has 8 nitrogen and oxygen atoms in total. The Bertz CT molecular complexity index is 620. The van der Waals surface area contributed by atoms with Gasteiger partial charge in [0.05, 0.1) is 31.5 Å². The molecule has 0 saturated carbocycles. The van der Waals surface area contributed by atoms with Crippen molar-refractivity contribution in [2.75, 3.05) is 12.3 Å². The molecule has 126 valence electrons. The van der Waals surface area contributed by atoms with Crippen LogP contribution < -0.4 is 5.73 Å². The first-order valence-corrected chi connectivity index (χ1v) is 10.4. The summed E-state index contributed by atoms with van der Waals surface area (Å²) in [5.74, 6) is 0.456. The maximum Gasteiger partial charge on any atom is 0.192 e. The summed E-state index contributed by atoms with van der Waals surface area (Å²) in [7, 11) is -2.08. The van der Waals surface area contributed by atoms with Crippen molar-refractivity contribution in [2.24, 2.45) is 5.11 Å². The highest BCUT2D eigenvalue weighted by Crippen LogP contribution is 2.40. The molecule has 1 heterocycles. The number of nitrogens with two attached hydrogens (primary N) is 1. The van der Waals surface area contributed by atoms with Crippen LogP contribution in [0.2, 0.25) is 18.1 Å². The molecule has 1 atom stereocenters. The van der Waals surface area contributed by atoms with E-state index < -0.39 is 14.4 Å². The molecule has 0 spiro atoms. The number of nitriles is 1. The molecular formula is C14H25N7OSi. The lowest BCUT2D eigenvalue weighted by Crippen LogP contribution is -2.42. The summed E-state index contributed by atoms with van der Waals surface area (Å²) in [6, 6.07) is 2.08. The predicted octanol–water partition coefficient (Wildman–Crippen LogP) is 3.75. The Morgan fingerprint density at radius 1 is 1.57 bits per heavy atom. The summed E-state index contributed by atoms with van der Waals surface area (Å²) < 4.78 is 8.06. The van der Waals surface area contributed by atoms with Crippen molar-refractivity contribution in [3.05, 3.63) is 22.5 Å². The fourth-order valence-corrected chi connectivity index (χ4v) is 3.08. The lowest BCUT2D eigenvalue weighted by molar-refractivity contribution is 0.188. The second-order valence-electron chi connectivity index (χ2n) is 6.90. The van der Waals surface area contributed by atoms with Gasteiger partial charge in [0.15, 0.2) is 8.32 Å². The molecule has 0 aliphatic carbocycles. The minimum atomic E-state index is -2.08. The van der Waals surface area contributed by atoms with Crippen LogP contribution in [-0.4, -0.2) is 24.4 Å². The average molecular weight is 335 g/mol. The number of aromatic nitrogens is 2. The normalized spacial score (nSPS) is 13.2. The first-order valence-electron chi connectivity index (χ1n) is 7.50. The molecule has 1 aromatic heterocycles. The Morgan fingerprint density at radius 2 is 2.22 bits per heavy atom. The number of nitrogen functional groups attached to an aromatic ring is 1. The van der Waals surface area contributed by atoms with Gasteiger partial charge >= 0.3 is 0 Å². The number of rotatable bonds is 7. The first-order chi connectivity index (χ1) is 10.6. The third kappa shape index (κ3) is 4.73. The van der Waals surface area contributed by atoms with Gasteiger partial charge in [-0.25, -0.2) is 4.98 Å². The van der Waals surface area contributed by atoms with Crippen LogP contribution in [0.15, 0.2) is 11.4 Å². The summed E-state index contributed by atoms with van der Waals surface area (Å²) in [5, 5.41) is 12.4.